The van der Waals surface area contributed by atoms with E-state index in [0.717, 1.165) is 4.68 Å². The fraction of sp³-hybridized carbons (Fsp3) is 0.0455. The molecule has 0 bridgehead atoms. The average molecular weight is 389 g/mol. The monoisotopic (exact) mass is 389 g/mol. The third-order valence-electron chi connectivity index (χ3n) is 4.44. The summed E-state index contributed by atoms with van der Waals surface area (Å²) in [5.74, 6) is -0.390. The van der Waals surface area contributed by atoms with E-state index in [1.165, 1.54) is 31.4 Å². The molecule has 0 aliphatic rings. The van der Waals surface area contributed by atoms with E-state index in [1.807, 2.05) is 0 Å². The van der Waals surface area contributed by atoms with Gasteiger partial charge in [-0.25, -0.2) is 9.37 Å². The van der Waals surface area contributed by atoms with Crippen molar-refractivity contribution in [2.24, 2.45) is 0 Å². The number of methoxy groups -OCH3 is 1. The number of ether oxygens (including phenoxy) is 1. The summed E-state index contributed by atoms with van der Waals surface area (Å²) < 4.78 is 19.7. The minimum Gasteiger partial charge on any atom is -0.496 e. The van der Waals surface area contributed by atoms with Gasteiger partial charge in [0.25, 0.3) is 11.5 Å². The smallest absolute Gasteiger partial charge is 0.280 e. The lowest BCUT2D eigenvalue weighted by molar-refractivity contribution is 0.100. The van der Waals surface area contributed by atoms with Crippen LogP contribution in [0.25, 0.3) is 22.3 Å². The Morgan fingerprint density at radius 2 is 1.69 bits per heavy atom. The Morgan fingerprint density at radius 1 is 1.00 bits per heavy atom. The van der Waals surface area contributed by atoms with Gasteiger partial charge < -0.3 is 4.74 Å². The summed E-state index contributed by atoms with van der Waals surface area (Å²) in [6.07, 6.45) is 0. The van der Waals surface area contributed by atoms with Crippen molar-refractivity contribution < 1.29 is 13.9 Å². The number of hydrogen-bond donors (Lipinski definition) is 1. The van der Waals surface area contributed by atoms with Crippen LogP contribution in [0.5, 0.6) is 5.75 Å². The van der Waals surface area contributed by atoms with Gasteiger partial charge in [-0.2, -0.15) is 4.68 Å². The molecule has 1 N–H and O–H groups in total. The predicted molar refractivity (Wildman–Crippen MR) is 108 cm³/mol. The van der Waals surface area contributed by atoms with Gasteiger partial charge in [0.15, 0.2) is 5.82 Å². The number of halogens is 1. The topological polar surface area (TPSA) is 73.2 Å². The molecule has 4 rings (SSSR count). The van der Waals surface area contributed by atoms with Gasteiger partial charge in [-0.15, -0.1) is 0 Å². The number of carbonyl (C=O) groups excluding carboxylic acids is 1. The molecule has 0 unspecified atom stereocenters. The lowest BCUT2D eigenvalue weighted by Gasteiger charge is -2.15. The first kappa shape index (κ1) is 18.4. The van der Waals surface area contributed by atoms with Gasteiger partial charge in [-0.05, 0) is 48.5 Å². The second-order valence-electron chi connectivity index (χ2n) is 6.24. The maximum absolute atomic E-state index is 13.4. The zero-order valence-corrected chi connectivity index (χ0v) is 15.4. The van der Waals surface area contributed by atoms with Crippen molar-refractivity contribution in [2.75, 3.05) is 12.5 Å². The molecule has 1 heterocycles. The quantitative estimate of drug-likeness (QED) is 0.579. The van der Waals surface area contributed by atoms with E-state index in [9.17, 15) is 14.0 Å². The SMILES string of the molecule is COc1ccccc1C(=O)Nn1c(-c2ccc(F)cc2)nc2ccccc2c1=O. The van der Waals surface area contributed by atoms with E-state index in [-0.39, 0.29) is 11.4 Å². The molecular formula is C22H16FN3O3. The number of carbonyl (C=O) groups is 1. The highest BCUT2D eigenvalue weighted by molar-refractivity contribution is 6.02. The molecule has 144 valence electrons. The van der Waals surface area contributed by atoms with E-state index < -0.39 is 17.3 Å². The van der Waals surface area contributed by atoms with Crippen LogP contribution in [0.1, 0.15) is 10.4 Å². The number of hydrogen-bond acceptors (Lipinski definition) is 4. The second-order valence-corrected chi connectivity index (χ2v) is 6.24. The van der Waals surface area contributed by atoms with Crippen molar-refractivity contribution >= 4 is 16.8 Å². The van der Waals surface area contributed by atoms with Crippen molar-refractivity contribution in [3.63, 3.8) is 0 Å². The van der Waals surface area contributed by atoms with E-state index >= 15 is 0 Å². The Balaban J connectivity index is 1.89. The van der Waals surface area contributed by atoms with Crippen molar-refractivity contribution in [1.29, 1.82) is 0 Å². The molecule has 1 amide bonds. The zero-order chi connectivity index (χ0) is 20.4. The van der Waals surface area contributed by atoms with Crippen LogP contribution in [-0.4, -0.2) is 22.7 Å². The summed E-state index contributed by atoms with van der Waals surface area (Å²) in [7, 11) is 1.46. The van der Waals surface area contributed by atoms with Crippen LogP contribution in [-0.2, 0) is 0 Å². The molecule has 0 saturated heterocycles. The fourth-order valence-corrected chi connectivity index (χ4v) is 3.02. The zero-order valence-electron chi connectivity index (χ0n) is 15.4. The number of rotatable bonds is 4. The molecule has 6 nitrogen and oxygen atoms in total. The Kier molecular flexibility index (Phi) is 4.78. The minimum absolute atomic E-state index is 0.192. The summed E-state index contributed by atoms with van der Waals surface area (Å²) >= 11 is 0. The van der Waals surface area contributed by atoms with Crippen LogP contribution in [0, 0.1) is 5.82 Å². The summed E-state index contributed by atoms with van der Waals surface area (Å²) in [5, 5.41) is 0.346. The molecule has 0 radical (unpaired) electrons. The number of para-hydroxylation sites is 2. The van der Waals surface area contributed by atoms with Gasteiger partial charge >= 0.3 is 0 Å². The Morgan fingerprint density at radius 3 is 2.45 bits per heavy atom. The molecule has 0 aliphatic carbocycles. The van der Waals surface area contributed by atoms with Gasteiger partial charge in [0.2, 0.25) is 0 Å². The number of nitrogens with one attached hydrogen (secondary N) is 1. The first-order valence-corrected chi connectivity index (χ1v) is 8.80. The molecule has 1 aromatic heterocycles. The highest BCUT2D eigenvalue weighted by atomic mass is 19.1. The number of benzene rings is 3. The predicted octanol–water partition coefficient (Wildman–Crippen LogP) is 3.60. The van der Waals surface area contributed by atoms with E-state index in [1.54, 1.807) is 48.5 Å². The van der Waals surface area contributed by atoms with Gasteiger partial charge in [0, 0.05) is 5.56 Å². The third kappa shape index (κ3) is 3.45. The largest absolute Gasteiger partial charge is 0.496 e. The van der Waals surface area contributed by atoms with Gasteiger partial charge in [0.1, 0.15) is 11.6 Å². The first-order valence-electron chi connectivity index (χ1n) is 8.80. The van der Waals surface area contributed by atoms with Crippen molar-refractivity contribution in [1.82, 2.24) is 9.66 Å². The third-order valence-corrected chi connectivity index (χ3v) is 4.44. The van der Waals surface area contributed by atoms with Gasteiger partial charge in [0.05, 0.1) is 23.6 Å². The molecule has 7 heteroatoms. The van der Waals surface area contributed by atoms with Crippen LogP contribution < -0.4 is 15.7 Å². The summed E-state index contributed by atoms with van der Waals surface area (Å²) in [5.41, 5.74) is 3.37. The molecule has 4 aromatic rings. The Labute approximate surface area is 165 Å². The maximum atomic E-state index is 13.4. The number of fused-ring (bicyclic) bond motifs is 1. The lowest BCUT2D eigenvalue weighted by Crippen LogP contribution is -2.35. The molecule has 0 saturated carbocycles. The van der Waals surface area contributed by atoms with Crippen molar-refractivity contribution in [3.8, 4) is 17.1 Å². The fourth-order valence-electron chi connectivity index (χ4n) is 3.02. The lowest BCUT2D eigenvalue weighted by atomic mass is 10.2. The Hall–Kier alpha value is -4.00. The number of aromatic nitrogens is 2. The van der Waals surface area contributed by atoms with Crippen molar-refractivity contribution in [3.05, 3.63) is 94.5 Å². The highest BCUT2D eigenvalue weighted by Crippen LogP contribution is 2.20. The normalized spacial score (nSPS) is 10.7. The van der Waals surface area contributed by atoms with Crippen LogP contribution >= 0.6 is 0 Å². The van der Waals surface area contributed by atoms with E-state index in [0.29, 0.717) is 22.2 Å². The summed E-state index contributed by atoms with van der Waals surface area (Å²) in [6, 6.07) is 19.0. The molecule has 3 aromatic carbocycles. The van der Waals surface area contributed by atoms with Gasteiger partial charge in [-0.1, -0.05) is 24.3 Å². The van der Waals surface area contributed by atoms with Crippen LogP contribution in [0.2, 0.25) is 0 Å². The summed E-state index contributed by atoms with van der Waals surface area (Å²) in [4.78, 5) is 30.5. The first-order chi connectivity index (χ1) is 14.1. The number of amides is 1. The second kappa shape index (κ2) is 7.55. The molecule has 0 spiro atoms. The maximum Gasteiger partial charge on any atom is 0.280 e. The molecular weight excluding hydrogens is 373 g/mol. The highest BCUT2D eigenvalue weighted by Gasteiger charge is 2.18. The van der Waals surface area contributed by atoms with E-state index in [4.69, 9.17) is 4.74 Å². The van der Waals surface area contributed by atoms with Crippen LogP contribution in [0.4, 0.5) is 4.39 Å². The minimum atomic E-state index is -0.537. The molecule has 0 fully saturated rings. The Bertz CT molecular complexity index is 1270. The van der Waals surface area contributed by atoms with Gasteiger partial charge in [-0.3, -0.25) is 15.0 Å². The number of nitrogens with zero attached hydrogens (tertiary/aromatic N) is 2. The van der Waals surface area contributed by atoms with E-state index in [2.05, 4.69) is 10.4 Å². The standard InChI is InChI=1S/C22H16FN3O3/c1-29-19-9-5-3-7-17(19)21(27)25-26-20(14-10-12-15(23)13-11-14)24-18-8-4-2-6-16(18)22(26)28/h2-13H,1H3,(H,25,27). The average Bonchev–Trinajstić information content (AvgIpc) is 2.76. The molecule has 0 aliphatic heterocycles. The molecule has 29 heavy (non-hydrogen) atoms. The molecule has 0 atom stereocenters. The van der Waals surface area contributed by atoms with Crippen LogP contribution in [0.15, 0.2) is 77.6 Å². The summed E-state index contributed by atoms with van der Waals surface area (Å²) in [6.45, 7) is 0. The van der Waals surface area contributed by atoms with Crippen molar-refractivity contribution in [2.45, 2.75) is 0 Å². The van der Waals surface area contributed by atoms with Crippen LogP contribution in [0.3, 0.4) is 0 Å².